The number of hydrogen-bond donors (Lipinski definition) is 2. The second kappa shape index (κ2) is 3.09. The first-order chi connectivity index (χ1) is 5.00. The fourth-order valence-electron chi connectivity index (χ4n) is 1.35. The van der Waals surface area contributed by atoms with Crippen molar-refractivity contribution in [1.29, 1.82) is 0 Å². The lowest BCUT2D eigenvalue weighted by Gasteiger charge is -2.35. The molecule has 1 heterocycles. The molecule has 2 unspecified atom stereocenters. The highest BCUT2D eigenvalue weighted by Gasteiger charge is 2.30. The molecule has 3 N–H and O–H groups in total. The summed E-state index contributed by atoms with van der Waals surface area (Å²) < 4.78 is 5.28. The number of aliphatic hydroxyl groups excluding tert-OH is 1. The van der Waals surface area contributed by atoms with Gasteiger partial charge in [-0.15, -0.1) is 0 Å². The summed E-state index contributed by atoms with van der Waals surface area (Å²) in [6, 6.07) is 0. The molecule has 0 bridgehead atoms. The number of aliphatic hydroxyl groups is 1. The van der Waals surface area contributed by atoms with Crippen molar-refractivity contribution < 1.29 is 9.84 Å². The van der Waals surface area contributed by atoms with Crippen LogP contribution in [0.4, 0.5) is 0 Å². The van der Waals surface area contributed by atoms with Crippen LogP contribution in [0, 0.1) is 0 Å². The van der Waals surface area contributed by atoms with Crippen molar-refractivity contribution in [3.63, 3.8) is 0 Å². The molecule has 1 aliphatic heterocycles. The van der Waals surface area contributed by atoms with Crippen LogP contribution in [0.3, 0.4) is 0 Å². The van der Waals surface area contributed by atoms with Gasteiger partial charge in [-0.1, -0.05) is 0 Å². The minimum atomic E-state index is -0.600. The quantitative estimate of drug-likeness (QED) is 0.589. The van der Waals surface area contributed by atoms with Gasteiger partial charge < -0.3 is 15.6 Å². The molecule has 1 rings (SSSR count). The van der Waals surface area contributed by atoms with E-state index in [0.717, 1.165) is 19.3 Å². The normalized spacial score (nSPS) is 33.8. The van der Waals surface area contributed by atoms with Crippen molar-refractivity contribution in [2.75, 3.05) is 0 Å². The van der Waals surface area contributed by atoms with Crippen LogP contribution in [0.15, 0.2) is 0 Å². The predicted molar refractivity (Wildman–Crippen MR) is 43.0 cm³/mol. The van der Waals surface area contributed by atoms with Gasteiger partial charge in [-0.05, 0) is 33.1 Å². The predicted octanol–water partition coefficient (Wildman–Crippen LogP) is 0.611. The second-order valence-electron chi connectivity index (χ2n) is 3.83. The van der Waals surface area contributed by atoms with Gasteiger partial charge in [0.25, 0.3) is 0 Å². The molecule has 0 amide bonds. The first-order valence-corrected chi connectivity index (χ1v) is 4.12. The molecule has 66 valence electrons. The summed E-state index contributed by atoms with van der Waals surface area (Å²) in [7, 11) is 0. The van der Waals surface area contributed by atoms with Crippen molar-refractivity contribution in [1.82, 2.24) is 0 Å². The van der Waals surface area contributed by atoms with Crippen LogP contribution in [0.2, 0.25) is 0 Å². The lowest BCUT2D eigenvalue weighted by atomic mass is 9.92. The Balaban J connectivity index is 2.46. The van der Waals surface area contributed by atoms with Crippen molar-refractivity contribution in [2.45, 2.75) is 51.0 Å². The molecule has 0 aromatic carbocycles. The Morgan fingerprint density at radius 3 is 2.45 bits per heavy atom. The second-order valence-corrected chi connectivity index (χ2v) is 3.83. The van der Waals surface area contributed by atoms with E-state index in [2.05, 4.69) is 0 Å². The number of rotatable bonds is 1. The summed E-state index contributed by atoms with van der Waals surface area (Å²) in [6.45, 7) is 3.85. The highest BCUT2D eigenvalue weighted by molar-refractivity contribution is 4.85. The maximum Gasteiger partial charge on any atom is 0.154 e. The Kier molecular flexibility index (Phi) is 2.52. The Morgan fingerprint density at radius 1 is 1.45 bits per heavy atom. The molecule has 0 radical (unpaired) electrons. The molecular formula is C8H17NO2. The molecule has 0 aromatic rings. The SMILES string of the molecule is CC(C)(N)C1CCCC(O)O1. The number of hydrogen-bond acceptors (Lipinski definition) is 3. The van der Waals surface area contributed by atoms with Crippen molar-refractivity contribution in [3.05, 3.63) is 0 Å². The van der Waals surface area contributed by atoms with Crippen molar-refractivity contribution >= 4 is 0 Å². The Bertz CT molecular complexity index is 131. The van der Waals surface area contributed by atoms with Crippen LogP contribution in [0.1, 0.15) is 33.1 Å². The van der Waals surface area contributed by atoms with Crippen LogP contribution in [-0.2, 0) is 4.74 Å². The summed E-state index contributed by atoms with van der Waals surface area (Å²) in [6.07, 6.45) is 2.11. The van der Waals surface area contributed by atoms with Crippen LogP contribution in [0.5, 0.6) is 0 Å². The minimum Gasteiger partial charge on any atom is -0.368 e. The Hall–Kier alpha value is -0.120. The highest BCUT2D eigenvalue weighted by atomic mass is 16.6. The molecule has 1 aliphatic rings. The van der Waals surface area contributed by atoms with E-state index < -0.39 is 6.29 Å². The fourth-order valence-corrected chi connectivity index (χ4v) is 1.35. The lowest BCUT2D eigenvalue weighted by molar-refractivity contribution is -0.177. The van der Waals surface area contributed by atoms with Gasteiger partial charge in [0.15, 0.2) is 6.29 Å². The zero-order valence-corrected chi connectivity index (χ0v) is 7.21. The van der Waals surface area contributed by atoms with E-state index >= 15 is 0 Å². The summed E-state index contributed by atoms with van der Waals surface area (Å²) in [4.78, 5) is 0. The molecule has 0 aliphatic carbocycles. The van der Waals surface area contributed by atoms with Crippen LogP contribution in [-0.4, -0.2) is 23.0 Å². The molecule has 1 fully saturated rings. The molecule has 2 atom stereocenters. The highest BCUT2D eigenvalue weighted by Crippen LogP contribution is 2.23. The third-order valence-corrected chi connectivity index (χ3v) is 2.07. The van der Waals surface area contributed by atoms with Gasteiger partial charge in [-0.25, -0.2) is 0 Å². The van der Waals surface area contributed by atoms with Crippen molar-refractivity contribution in [2.24, 2.45) is 5.73 Å². The van der Waals surface area contributed by atoms with Gasteiger partial charge >= 0.3 is 0 Å². The van der Waals surface area contributed by atoms with Gasteiger partial charge in [0.05, 0.1) is 6.10 Å². The van der Waals surface area contributed by atoms with E-state index in [-0.39, 0.29) is 11.6 Å². The molecule has 11 heavy (non-hydrogen) atoms. The topological polar surface area (TPSA) is 55.5 Å². The monoisotopic (exact) mass is 159 g/mol. The Morgan fingerprint density at radius 2 is 2.09 bits per heavy atom. The summed E-state index contributed by atoms with van der Waals surface area (Å²) in [5, 5.41) is 9.17. The third kappa shape index (κ3) is 2.43. The van der Waals surface area contributed by atoms with Gasteiger partial charge in [-0.3, -0.25) is 0 Å². The fraction of sp³-hybridized carbons (Fsp3) is 1.00. The molecule has 3 nitrogen and oxygen atoms in total. The van der Waals surface area contributed by atoms with E-state index in [9.17, 15) is 0 Å². The van der Waals surface area contributed by atoms with E-state index in [1.807, 2.05) is 13.8 Å². The zero-order chi connectivity index (χ0) is 8.48. The summed E-state index contributed by atoms with van der Waals surface area (Å²) >= 11 is 0. The van der Waals surface area contributed by atoms with Crippen LogP contribution < -0.4 is 5.73 Å². The van der Waals surface area contributed by atoms with Crippen LogP contribution >= 0.6 is 0 Å². The number of ether oxygens (including phenoxy) is 1. The molecule has 1 saturated heterocycles. The first kappa shape index (κ1) is 8.97. The number of nitrogens with two attached hydrogens (primary N) is 1. The first-order valence-electron chi connectivity index (χ1n) is 4.12. The van der Waals surface area contributed by atoms with E-state index in [1.54, 1.807) is 0 Å². The molecular weight excluding hydrogens is 142 g/mol. The third-order valence-electron chi connectivity index (χ3n) is 2.07. The average Bonchev–Trinajstić information content (AvgIpc) is 1.86. The molecule has 0 aromatic heterocycles. The van der Waals surface area contributed by atoms with Gasteiger partial charge in [0, 0.05) is 5.54 Å². The smallest absolute Gasteiger partial charge is 0.154 e. The van der Waals surface area contributed by atoms with Crippen molar-refractivity contribution in [3.8, 4) is 0 Å². The van der Waals surface area contributed by atoms with E-state index in [1.165, 1.54) is 0 Å². The Labute approximate surface area is 67.5 Å². The van der Waals surface area contributed by atoms with Gasteiger partial charge in [-0.2, -0.15) is 0 Å². The van der Waals surface area contributed by atoms with Gasteiger partial charge in [0.1, 0.15) is 0 Å². The molecule has 0 saturated carbocycles. The maximum absolute atomic E-state index is 9.17. The van der Waals surface area contributed by atoms with E-state index in [4.69, 9.17) is 15.6 Å². The lowest BCUT2D eigenvalue weighted by Crippen LogP contribution is -2.49. The van der Waals surface area contributed by atoms with Crippen LogP contribution in [0.25, 0.3) is 0 Å². The average molecular weight is 159 g/mol. The van der Waals surface area contributed by atoms with Gasteiger partial charge in [0.2, 0.25) is 0 Å². The largest absolute Gasteiger partial charge is 0.368 e. The minimum absolute atomic E-state index is 0.00579. The molecule has 3 heteroatoms. The zero-order valence-electron chi connectivity index (χ0n) is 7.21. The van der Waals surface area contributed by atoms with E-state index in [0.29, 0.717) is 0 Å². The summed E-state index contributed by atoms with van der Waals surface area (Å²) in [5.74, 6) is 0. The summed E-state index contributed by atoms with van der Waals surface area (Å²) in [5.41, 5.74) is 5.50. The maximum atomic E-state index is 9.17. The molecule has 0 spiro atoms. The standard InChI is InChI=1S/C8H17NO2/c1-8(2,9)6-4-3-5-7(10)11-6/h6-7,10H,3-5,9H2,1-2H3.